The van der Waals surface area contributed by atoms with Gasteiger partial charge in [-0.25, -0.2) is 13.2 Å². The molecule has 1 aliphatic rings. The number of sulfonamides is 1. The van der Waals surface area contributed by atoms with E-state index < -0.39 is 27.2 Å². The van der Waals surface area contributed by atoms with Gasteiger partial charge in [-0.05, 0) is 49.9 Å². The van der Waals surface area contributed by atoms with Gasteiger partial charge in [0.25, 0.3) is 5.56 Å². The second-order valence-electron chi connectivity index (χ2n) is 8.97. The number of hydrogen-bond acceptors (Lipinski definition) is 6. The van der Waals surface area contributed by atoms with Crippen LogP contribution < -0.4 is 21.9 Å². The summed E-state index contributed by atoms with van der Waals surface area (Å²) < 4.78 is 28.7. The number of nitrogen functional groups attached to an aromatic ring is 1. The van der Waals surface area contributed by atoms with Crippen molar-refractivity contribution in [2.24, 2.45) is 5.92 Å². The minimum atomic E-state index is -3.71. The Labute approximate surface area is 216 Å². The van der Waals surface area contributed by atoms with E-state index in [0.717, 1.165) is 12.8 Å². The number of carbonyl (C=O) groups is 1. The van der Waals surface area contributed by atoms with Gasteiger partial charge in [-0.3, -0.25) is 19.1 Å². The Morgan fingerprint density at radius 1 is 1.11 bits per heavy atom. The average molecular weight is 540 g/mol. The van der Waals surface area contributed by atoms with Gasteiger partial charge in [-0.2, -0.15) is 4.31 Å². The van der Waals surface area contributed by atoms with Crippen molar-refractivity contribution < 1.29 is 13.2 Å². The molecule has 1 aromatic heterocycles. The van der Waals surface area contributed by atoms with Gasteiger partial charge in [0.15, 0.2) is 5.69 Å². The number of piperidine rings is 1. The quantitative estimate of drug-likeness (QED) is 0.476. The summed E-state index contributed by atoms with van der Waals surface area (Å²) in [5, 5.41) is 0.445. The summed E-state index contributed by atoms with van der Waals surface area (Å²) in [5.41, 5.74) is 4.96. The summed E-state index contributed by atoms with van der Waals surface area (Å²) in [5.74, 6) is -0.789. The third-order valence-corrected chi connectivity index (χ3v) is 8.64. The molecule has 0 aliphatic carbocycles. The lowest BCUT2D eigenvalue weighted by atomic mass is 9.96. The van der Waals surface area contributed by atoms with E-state index in [1.54, 1.807) is 0 Å². The number of aromatic nitrogens is 2. The monoisotopic (exact) mass is 539 g/mol. The van der Waals surface area contributed by atoms with Gasteiger partial charge in [0.2, 0.25) is 15.9 Å². The van der Waals surface area contributed by atoms with Crippen LogP contribution in [-0.4, -0.2) is 47.8 Å². The van der Waals surface area contributed by atoms with Crippen LogP contribution in [0.15, 0.2) is 38.8 Å². The standard InChI is InChI=1S/C24H34ClN5O5S/c1-3-5-13-29(20-21(26)30(14-6-4-2)24(33)27-22(20)31)23(32)17-11-15-28(16-12-17)36(34,35)19-9-7-18(25)8-10-19/h7-10,17H,3-6,11-16,26H2,1-2H3,(H,27,31,33). The van der Waals surface area contributed by atoms with Crippen LogP contribution in [0, 0.1) is 5.92 Å². The number of nitrogens with one attached hydrogen (secondary N) is 1. The predicted molar refractivity (Wildman–Crippen MR) is 141 cm³/mol. The molecule has 36 heavy (non-hydrogen) atoms. The van der Waals surface area contributed by atoms with Crippen LogP contribution in [-0.2, 0) is 21.4 Å². The predicted octanol–water partition coefficient (Wildman–Crippen LogP) is 2.81. The summed E-state index contributed by atoms with van der Waals surface area (Å²) in [6.07, 6.45) is 3.57. The van der Waals surface area contributed by atoms with Crippen molar-refractivity contribution >= 4 is 39.0 Å². The first-order valence-corrected chi connectivity index (χ1v) is 14.1. The molecular weight excluding hydrogens is 506 g/mol. The van der Waals surface area contributed by atoms with Crippen LogP contribution >= 0.6 is 11.6 Å². The number of rotatable bonds is 10. The van der Waals surface area contributed by atoms with Crippen LogP contribution in [0.2, 0.25) is 5.02 Å². The fourth-order valence-electron chi connectivity index (χ4n) is 4.34. The lowest BCUT2D eigenvalue weighted by Crippen LogP contribution is -2.47. The molecule has 1 amide bonds. The maximum atomic E-state index is 13.6. The summed E-state index contributed by atoms with van der Waals surface area (Å²) >= 11 is 5.88. The number of aromatic amines is 1. The third-order valence-electron chi connectivity index (χ3n) is 6.48. The van der Waals surface area contributed by atoms with E-state index in [1.165, 1.54) is 38.0 Å². The number of carbonyl (C=O) groups excluding carboxylic acids is 1. The minimum absolute atomic E-state index is 0.0135. The van der Waals surface area contributed by atoms with E-state index in [2.05, 4.69) is 4.98 Å². The smallest absolute Gasteiger partial charge is 0.330 e. The zero-order valence-corrected chi connectivity index (χ0v) is 22.3. The SMILES string of the molecule is CCCCN(C(=O)C1CCN(S(=O)(=O)c2ccc(Cl)cc2)CC1)c1c(N)n(CCCC)c(=O)[nH]c1=O. The van der Waals surface area contributed by atoms with Crippen LogP contribution in [0.5, 0.6) is 0 Å². The molecule has 0 atom stereocenters. The Hall–Kier alpha value is -2.63. The van der Waals surface area contributed by atoms with Crippen molar-refractivity contribution in [1.29, 1.82) is 0 Å². The lowest BCUT2D eigenvalue weighted by molar-refractivity contribution is -0.123. The van der Waals surface area contributed by atoms with Crippen molar-refractivity contribution in [3.63, 3.8) is 0 Å². The molecule has 2 aromatic rings. The minimum Gasteiger partial charge on any atom is -0.383 e. The number of anilines is 2. The highest BCUT2D eigenvalue weighted by Gasteiger charge is 2.35. The first kappa shape index (κ1) is 27.9. The first-order chi connectivity index (χ1) is 17.1. The molecule has 1 aliphatic heterocycles. The largest absolute Gasteiger partial charge is 0.383 e. The van der Waals surface area contributed by atoms with Crippen molar-refractivity contribution in [2.75, 3.05) is 30.3 Å². The Balaban J connectivity index is 1.84. The number of unbranched alkanes of at least 4 members (excludes halogenated alkanes) is 2. The molecule has 2 heterocycles. The molecule has 0 spiro atoms. The van der Waals surface area contributed by atoms with Gasteiger partial charge >= 0.3 is 5.69 Å². The maximum Gasteiger partial charge on any atom is 0.330 e. The molecule has 3 rings (SSSR count). The fraction of sp³-hybridized carbons (Fsp3) is 0.542. The Morgan fingerprint density at radius 3 is 2.31 bits per heavy atom. The van der Waals surface area contributed by atoms with E-state index in [1.807, 2.05) is 13.8 Å². The summed E-state index contributed by atoms with van der Waals surface area (Å²) in [4.78, 5) is 42.6. The number of halogens is 1. The van der Waals surface area contributed by atoms with Crippen LogP contribution in [0.25, 0.3) is 0 Å². The van der Waals surface area contributed by atoms with Gasteiger partial charge < -0.3 is 10.6 Å². The molecule has 1 fully saturated rings. The molecule has 0 bridgehead atoms. The lowest BCUT2D eigenvalue weighted by Gasteiger charge is -2.34. The average Bonchev–Trinajstić information content (AvgIpc) is 2.85. The zero-order valence-electron chi connectivity index (χ0n) is 20.7. The van der Waals surface area contributed by atoms with Crippen LogP contribution in [0.4, 0.5) is 11.5 Å². The maximum absolute atomic E-state index is 13.6. The van der Waals surface area contributed by atoms with Crippen LogP contribution in [0.1, 0.15) is 52.4 Å². The van der Waals surface area contributed by atoms with E-state index in [0.29, 0.717) is 37.3 Å². The highest BCUT2D eigenvalue weighted by Crippen LogP contribution is 2.28. The number of benzene rings is 1. The second-order valence-corrected chi connectivity index (χ2v) is 11.3. The zero-order chi connectivity index (χ0) is 26.5. The van der Waals surface area contributed by atoms with E-state index in [-0.39, 0.29) is 41.9 Å². The van der Waals surface area contributed by atoms with Crippen molar-refractivity contribution in [2.45, 2.75) is 63.8 Å². The molecule has 1 aromatic carbocycles. The number of nitrogens with two attached hydrogens (primary N) is 1. The van der Waals surface area contributed by atoms with E-state index in [9.17, 15) is 22.8 Å². The Bertz CT molecular complexity index is 1280. The first-order valence-electron chi connectivity index (χ1n) is 12.3. The Morgan fingerprint density at radius 2 is 1.72 bits per heavy atom. The molecule has 198 valence electrons. The third kappa shape index (κ3) is 6.01. The molecule has 0 radical (unpaired) electrons. The Kier molecular flexibility index (Phi) is 9.37. The number of H-pyrrole nitrogens is 1. The number of amides is 1. The topological polar surface area (TPSA) is 139 Å². The van der Waals surface area contributed by atoms with Gasteiger partial charge in [0, 0.05) is 37.1 Å². The molecule has 3 N–H and O–H groups in total. The number of hydrogen-bond donors (Lipinski definition) is 2. The van der Waals surface area contributed by atoms with E-state index in [4.69, 9.17) is 17.3 Å². The normalized spacial score (nSPS) is 15.2. The van der Waals surface area contributed by atoms with Crippen molar-refractivity contribution in [3.8, 4) is 0 Å². The number of nitrogens with zero attached hydrogens (tertiary/aromatic N) is 3. The van der Waals surface area contributed by atoms with E-state index >= 15 is 0 Å². The van der Waals surface area contributed by atoms with Gasteiger partial charge in [-0.1, -0.05) is 38.3 Å². The molecule has 1 saturated heterocycles. The van der Waals surface area contributed by atoms with Gasteiger partial charge in [-0.15, -0.1) is 0 Å². The highest BCUT2D eigenvalue weighted by atomic mass is 35.5. The second kappa shape index (κ2) is 12.1. The van der Waals surface area contributed by atoms with Crippen molar-refractivity contribution in [1.82, 2.24) is 13.9 Å². The summed E-state index contributed by atoms with van der Waals surface area (Å²) in [6, 6.07) is 5.98. The molecule has 0 unspecified atom stereocenters. The highest BCUT2D eigenvalue weighted by molar-refractivity contribution is 7.89. The molecule has 0 saturated carbocycles. The molecule has 10 nitrogen and oxygen atoms in total. The molecule has 12 heteroatoms. The van der Waals surface area contributed by atoms with Gasteiger partial charge in [0.05, 0.1) is 4.90 Å². The summed E-state index contributed by atoms with van der Waals surface area (Å²) in [7, 11) is -3.71. The summed E-state index contributed by atoms with van der Waals surface area (Å²) in [6.45, 7) is 4.90. The van der Waals surface area contributed by atoms with Crippen LogP contribution in [0.3, 0.4) is 0 Å². The van der Waals surface area contributed by atoms with Gasteiger partial charge in [0.1, 0.15) is 5.82 Å². The fourth-order valence-corrected chi connectivity index (χ4v) is 5.94. The van der Waals surface area contributed by atoms with Crippen molar-refractivity contribution in [3.05, 3.63) is 50.1 Å². The molecular formula is C24H34ClN5O5S.